The van der Waals surface area contributed by atoms with Crippen LogP contribution in [0.15, 0.2) is 41.5 Å². The second-order valence-corrected chi connectivity index (χ2v) is 14.8. The molecule has 1 aromatic rings. The van der Waals surface area contributed by atoms with Gasteiger partial charge in [0.1, 0.15) is 17.4 Å². The first-order valence-electron chi connectivity index (χ1n) is 18.3. The summed E-state index contributed by atoms with van der Waals surface area (Å²) in [5.74, 6) is 3.96. The highest BCUT2D eigenvalue weighted by Crippen LogP contribution is 2.64. The van der Waals surface area contributed by atoms with Crippen LogP contribution in [0.1, 0.15) is 67.2 Å². The SMILES string of the molecule is CCN(CC)c1cc(N2CCN(CC(=O)[C@H]3CC[C@H]4[C@@H]5C[C@H](CO)C6=CC(=O)C=C[C@]6(C)C5=CC[C@]34C)CC2)nc(N(CC)CC)n1. The predicted octanol–water partition coefficient (Wildman–Crippen LogP) is 4.92. The lowest BCUT2D eigenvalue weighted by molar-refractivity contribution is -0.128. The van der Waals surface area contributed by atoms with Crippen molar-refractivity contribution in [2.75, 3.05) is 80.2 Å². The Morgan fingerprint density at radius 2 is 1.68 bits per heavy atom. The lowest BCUT2D eigenvalue weighted by atomic mass is 9.50. The van der Waals surface area contributed by atoms with Crippen molar-refractivity contribution in [3.8, 4) is 0 Å². The number of piperazine rings is 1. The number of Topliss-reactive ketones (excluding diaryl/α,β-unsaturated/α-hetero) is 1. The molecule has 4 aliphatic carbocycles. The minimum Gasteiger partial charge on any atom is -0.396 e. The van der Waals surface area contributed by atoms with Gasteiger partial charge in [0.2, 0.25) is 5.95 Å². The summed E-state index contributed by atoms with van der Waals surface area (Å²) in [5.41, 5.74) is 2.09. The molecule has 1 N–H and O–H groups in total. The topological polar surface area (TPSA) is 93.1 Å². The van der Waals surface area contributed by atoms with Crippen LogP contribution in [0.5, 0.6) is 0 Å². The number of allylic oxidation sites excluding steroid dienone is 5. The third-order valence-corrected chi connectivity index (χ3v) is 12.6. The monoisotopic (exact) mass is 644 g/mol. The van der Waals surface area contributed by atoms with Gasteiger partial charge in [0, 0.05) is 82.3 Å². The molecule has 2 saturated carbocycles. The first kappa shape index (κ1) is 33.8. The molecule has 0 amide bonds. The van der Waals surface area contributed by atoms with Crippen molar-refractivity contribution in [1.29, 1.82) is 0 Å². The number of aliphatic hydroxyl groups excluding tert-OH is 1. The van der Waals surface area contributed by atoms with E-state index in [2.05, 4.69) is 79.4 Å². The highest BCUT2D eigenvalue weighted by Gasteiger charge is 2.58. The fourth-order valence-electron chi connectivity index (χ4n) is 9.84. The van der Waals surface area contributed by atoms with E-state index in [1.165, 1.54) is 5.57 Å². The molecule has 2 heterocycles. The zero-order valence-corrected chi connectivity index (χ0v) is 29.5. The van der Waals surface area contributed by atoms with Gasteiger partial charge in [0.25, 0.3) is 0 Å². The van der Waals surface area contributed by atoms with Gasteiger partial charge in [-0.3, -0.25) is 14.5 Å². The normalized spacial score (nSPS) is 31.9. The van der Waals surface area contributed by atoms with Gasteiger partial charge >= 0.3 is 0 Å². The van der Waals surface area contributed by atoms with Crippen molar-refractivity contribution >= 4 is 29.2 Å². The summed E-state index contributed by atoms with van der Waals surface area (Å²) in [6.07, 6.45) is 11.7. The molecule has 9 heteroatoms. The van der Waals surface area contributed by atoms with Gasteiger partial charge in [-0.05, 0) is 95.3 Å². The van der Waals surface area contributed by atoms with E-state index >= 15 is 0 Å². The Morgan fingerprint density at radius 1 is 0.979 bits per heavy atom. The Morgan fingerprint density at radius 3 is 2.34 bits per heavy atom. The van der Waals surface area contributed by atoms with Crippen LogP contribution in [0.3, 0.4) is 0 Å². The number of anilines is 3. The quantitative estimate of drug-likeness (QED) is 0.337. The number of carbonyl (C=O) groups is 2. The van der Waals surface area contributed by atoms with Crippen LogP contribution in [-0.4, -0.2) is 97.1 Å². The van der Waals surface area contributed by atoms with Crippen molar-refractivity contribution in [2.45, 2.75) is 67.2 Å². The Bertz CT molecular complexity index is 1410. The van der Waals surface area contributed by atoms with Gasteiger partial charge in [0.05, 0.1) is 6.54 Å². The number of aromatic nitrogens is 2. The third-order valence-electron chi connectivity index (χ3n) is 12.6. The van der Waals surface area contributed by atoms with Crippen molar-refractivity contribution in [1.82, 2.24) is 14.9 Å². The number of carbonyl (C=O) groups excluding carboxylic acids is 2. The fraction of sp³-hybridized carbons (Fsp3) is 0.684. The second-order valence-electron chi connectivity index (χ2n) is 14.8. The molecule has 0 bridgehead atoms. The van der Waals surface area contributed by atoms with Gasteiger partial charge in [-0.1, -0.05) is 24.6 Å². The molecular formula is C38H56N6O3. The zero-order chi connectivity index (χ0) is 33.5. The maximum atomic E-state index is 14.1. The summed E-state index contributed by atoms with van der Waals surface area (Å²) >= 11 is 0. The van der Waals surface area contributed by atoms with Gasteiger partial charge in [-0.25, -0.2) is 0 Å². The minimum atomic E-state index is -0.310. The molecule has 1 aromatic heterocycles. The molecule has 6 atom stereocenters. The van der Waals surface area contributed by atoms with E-state index in [-0.39, 0.29) is 35.1 Å². The number of hydrogen-bond donors (Lipinski definition) is 1. The number of ketones is 2. The summed E-state index contributed by atoms with van der Waals surface area (Å²) in [6, 6.07) is 2.14. The number of rotatable bonds is 11. The Labute approximate surface area is 281 Å². The van der Waals surface area contributed by atoms with E-state index in [9.17, 15) is 14.7 Å². The maximum Gasteiger partial charge on any atom is 0.229 e. The predicted molar refractivity (Wildman–Crippen MR) is 189 cm³/mol. The summed E-state index contributed by atoms with van der Waals surface area (Å²) in [6.45, 7) is 20.7. The molecule has 0 radical (unpaired) electrons. The van der Waals surface area contributed by atoms with Crippen molar-refractivity contribution in [3.05, 3.63) is 41.5 Å². The lowest BCUT2D eigenvalue weighted by Crippen LogP contribution is -2.51. The highest BCUT2D eigenvalue weighted by molar-refractivity contribution is 6.01. The van der Waals surface area contributed by atoms with Gasteiger partial charge in [-0.2, -0.15) is 9.97 Å². The molecule has 256 valence electrons. The van der Waals surface area contributed by atoms with Crippen LogP contribution in [0, 0.1) is 34.5 Å². The fourth-order valence-corrected chi connectivity index (χ4v) is 9.84. The molecule has 0 aromatic carbocycles. The molecule has 5 aliphatic rings. The number of aliphatic hydroxyl groups is 1. The minimum absolute atomic E-state index is 0.00877. The van der Waals surface area contributed by atoms with Crippen LogP contribution >= 0.6 is 0 Å². The molecule has 1 aliphatic heterocycles. The van der Waals surface area contributed by atoms with E-state index in [0.29, 0.717) is 24.2 Å². The van der Waals surface area contributed by atoms with Crippen LogP contribution in [0.2, 0.25) is 0 Å². The average molecular weight is 645 g/mol. The van der Waals surface area contributed by atoms with Crippen LogP contribution in [-0.2, 0) is 9.59 Å². The third kappa shape index (κ3) is 5.96. The van der Waals surface area contributed by atoms with Crippen LogP contribution in [0.4, 0.5) is 17.6 Å². The molecule has 0 spiro atoms. The van der Waals surface area contributed by atoms with Crippen molar-refractivity contribution < 1.29 is 14.7 Å². The first-order valence-corrected chi connectivity index (χ1v) is 18.3. The van der Waals surface area contributed by atoms with E-state index in [1.54, 1.807) is 12.2 Å². The van der Waals surface area contributed by atoms with Crippen LogP contribution in [0.25, 0.3) is 0 Å². The average Bonchev–Trinajstić information content (AvgIpc) is 3.44. The lowest BCUT2D eigenvalue weighted by Gasteiger charge is -2.54. The summed E-state index contributed by atoms with van der Waals surface area (Å²) in [4.78, 5) is 45.5. The van der Waals surface area contributed by atoms with E-state index < -0.39 is 0 Å². The Balaban J connectivity index is 1.13. The molecule has 9 nitrogen and oxygen atoms in total. The largest absolute Gasteiger partial charge is 0.396 e. The van der Waals surface area contributed by atoms with Crippen molar-refractivity contribution in [3.63, 3.8) is 0 Å². The van der Waals surface area contributed by atoms with E-state index in [0.717, 1.165) is 101 Å². The maximum absolute atomic E-state index is 14.1. The Hall–Kier alpha value is -3.04. The van der Waals surface area contributed by atoms with Gasteiger partial charge in [-0.15, -0.1) is 0 Å². The van der Waals surface area contributed by atoms with Crippen molar-refractivity contribution in [2.24, 2.45) is 34.5 Å². The first-order chi connectivity index (χ1) is 22.6. The Kier molecular flexibility index (Phi) is 9.69. The number of nitrogens with zero attached hydrogens (tertiary/aromatic N) is 6. The summed E-state index contributed by atoms with van der Waals surface area (Å²) in [5, 5.41) is 10.4. The van der Waals surface area contributed by atoms with E-state index in [1.807, 2.05) is 0 Å². The highest BCUT2D eigenvalue weighted by atomic mass is 16.3. The molecule has 0 unspecified atom stereocenters. The van der Waals surface area contributed by atoms with Gasteiger partial charge < -0.3 is 19.8 Å². The molecular weight excluding hydrogens is 588 g/mol. The standard InChI is InChI=1S/C38H56N6O3/c1-7-42(8-2)34-23-35(40-36(39-34)43(9-3)10-4)44-19-17-41(18-20-44)24-33(47)31-12-11-29-28-21-26(25-45)32-22-27(46)13-15-38(32,6)30(28)14-16-37(29,31)5/h13-15,22-23,26,28-29,31,45H,7-12,16-21,24-25H2,1-6H3/t26-,28+,29+,31-,37+,38-/m1/s1. The second kappa shape index (κ2) is 13.5. The number of hydrogen-bond acceptors (Lipinski definition) is 9. The van der Waals surface area contributed by atoms with E-state index in [4.69, 9.17) is 9.97 Å². The molecule has 3 fully saturated rings. The number of fused-ring (bicyclic) bond motifs is 5. The van der Waals surface area contributed by atoms with Gasteiger partial charge in [0.15, 0.2) is 5.78 Å². The molecule has 47 heavy (non-hydrogen) atoms. The zero-order valence-electron chi connectivity index (χ0n) is 29.5. The molecule has 6 rings (SSSR count). The molecule has 1 saturated heterocycles. The van der Waals surface area contributed by atoms with Crippen LogP contribution < -0.4 is 14.7 Å². The summed E-state index contributed by atoms with van der Waals surface area (Å²) < 4.78 is 0. The smallest absolute Gasteiger partial charge is 0.229 e. The summed E-state index contributed by atoms with van der Waals surface area (Å²) in [7, 11) is 0.